The highest BCUT2D eigenvalue weighted by atomic mass is 19.1. The summed E-state index contributed by atoms with van der Waals surface area (Å²) in [6.07, 6.45) is 0.583. The maximum atomic E-state index is 13.5. The van der Waals surface area contributed by atoms with Gasteiger partial charge in [-0.1, -0.05) is 6.92 Å². The Balaban J connectivity index is 2.98. The lowest BCUT2D eigenvalue weighted by Crippen LogP contribution is -2.37. The molecule has 0 saturated heterocycles. The highest BCUT2D eigenvalue weighted by Gasteiger charge is 2.21. The molecule has 1 aromatic rings. The maximum Gasteiger partial charge on any atom is 0.325 e. The quantitative estimate of drug-likeness (QED) is 0.769. The van der Waals surface area contributed by atoms with Crippen molar-refractivity contribution in [2.24, 2.45) is 0 Å². The van der Waals surface area contributed by atoms with E-state index in [-0.39, 0.29) is 13.1 Å². The molecule has 1 rings (SSSR count). The first-order valence-electron chi connectivity index (χ1n) is 5.80. The summed E-state index contributed by atoms with van der Waals surface area (Å²) in [6.45, 7) is 1.77. The highest BCUT2D eigenvalue weighted by Crippen LogP contribution is 2.13. The van der Waals surface area contributed by atoms with Crippen LogP contribution in [0.15, 0.2) is 18.2 Å². The van der Waals surface area contributed by atoms with Gasteiger partial charge in [0.2, 0.25) is 0 Å². The Hall–Kier alpha value is -1.98. The molecule has 0 atom stereocenters. The first kappa shape index (κ1) is 15.1. The molecule has 0 aliphatic carbocycles. The number of halogens is 2. The van der Waals surface area contributed by atoms with Crippen molar-refractivity contribution in [3.8, 4) is 0 Å². The number of hydrogen-bond donors (Lipinski definition) is 0. The van der Waals surface area contributed by atoms with Gasteiger partial charge < -0.3 is 9.64 Å². The van der Waals surface area contributed by atoms with Gasteiger partial charge in [0.15, 0.2) is 0 Å². The molecule has 0 radical (unpaired) electrons. The summed E-state index contributed by atoms with van der Waals surface area (Å²) in [7, 11) is 1.19. The first-order chi connectivity index (χ1) is 8.99. The van der Waals surface area contributed by atoms with E-state index in [1.54, 1.807) is 6.92 Å². The molecule has 19 heavy (non-hydrogen) atoms. The number of esters is 1. The minimum atomic E-state index is -0.822. The molecule has 0 aliphatic heterocycles. The molecule has 0 unspecified atom stereocenters. The van der Waals surface area contributed by atoms with E-state index >= 15 is 0 Å². The fourth-order valence-electron chi connectivity index (χ4n) is 1.57. The van der Waals surface area contributed by atoms with Gasteiger partial charge in [-0.25, -0.2) is 8.78 Å². The minimum absolute atomic E-state index is 0.254. The van der Waals surface area contributed by atoms with Gasteiger partial charge in [0.1, 0.15) is 18.2 Å². The van der Waals surface area contributed by atoms with Crippen LogP contribution in [0.4, 0.5) is 8.78 Å². The molecule has 1 aromatic carbocycles. The van der Waals surface area contributed by atoms with Crippen LogP contribution in [0.1, 0.15) is 23.7 Å². The predicted molar refractivity (Wildman–Crippen MR) is 64.6 cm³/mol. The Morgan fingerprint density at radius 2 is 2.00 bits per heavy atom. The number of amides is 1. The van der Waals surface area contributed by atoms with E-state index in [2.05, 4.69) is 4.74 Å². The smallest absolute Gasteiger partial charge is 0.325 e. The van der Waals surface area contributed by atoms with Crippen molar-refractivity contribution in [1.82, 2.24) is 4.90 Å². The Labute approximate surface area is 110 Å². The van der Waals surface area contributed by atoms with Crippen molar-refractivity contribution in [3.63, 3.8) is 0 Å². The van der Waals surface area contributed by atoms with E-state index in [4.69, 9.17) is 0 Å². The van der Waals surface area contributed by atoms with E-state index in [0.717, 1.165) is 23.1 Å². The third kappa shape index (κ3) is 4.01. The van der Waals surface area contributed by atoms with Crippen molar-refractivity contribution in [2.45, 2.75) is 13.3 Å². The number of benzene rings is 1. The first-order valence-corrected chi connectivity index (χ1v) is 5.80. The van der Waals surface area contributed by atoms with Crippen LogP contribution in [0.2, 0.25) is 0 Å². The Bertz CT molecular complexity index is 477. The van der Waals surface area contributed by atoms with E-state index in [1.165, 1.54) is 7.11 Å². The topological polar surface area (TPSA) is 46.6 Å². The molecule has 0 heterocycles. The number of carbonyl (C=O) groups is 2. The molecular formula is C13H15F2NO3. The number of nitrogens with zero attached hydrogens (tertiary/aromatic N) is 1. The molecular weight excluding hydrogens is 256 g/mol. The molecule has 0 aliphatic rings. The summed E-state index contributed by atoms with van der Waals surface area (Å²) in [4.78, 5) is 24.4. The second-order valence-corrected chi connectivity index (χ2v) is 3.93. The van der Waals surface area contributed by atoms with Crippen LogP contribution in [-0.2, 0) is 9.53 Å². The third-order valence-corrected chi connectivity index (χ3v) is 2.49. The molecule has 0 bridgehead atoms. The maximum absolute atomic E-state index is 13.5. The van der Waals surface area contributed by atoms with Crippen molar-refractivity contribution in [3.05, 3.63) is 35.4 Å². The Morgan fingerprint density at radius 3 is 2.58 bits per heavy atom. The SMILES string of the molecule is CCCN(CC(=O)OC)C(=O)c1cc(F)ccc1F. The molecule has 0 saturated carbocycles. The number of ether oxygens (including phenoxy) is 1. The summed E-state index contributed by atoms with van der Waals surface area (Å²) < 4.78 is 31.0. The number of rotatable bonds is 5. The second kappa shape index (κ2) is 6.82. The zero-order valence-corrected chi connectivity index (χ0v) is 10.8. The summed E-state index contributed by atoms with van der Waals surface area (Å²) in [6, 6.07) is 2.62. The van der Waals surface area contributed by atoms with E-state index in [1.807, 2.05) is 0 Å². The zero-order chi connectivity index (χ0) is 14.4. The molecule has 0 aromatic heterocycles. The lowest BCUT2D eigenvalue weighted by atomic mass is 10.1. The Kier molecular flexibility index (Phi) is 5.41. The molecule has 0 fully saturated rings. The summed E-state index contributed by atoms with van der Waals surface area (Å²) >= 11 is 0. The third-order valence-electron chi connectivity index (χ3n) is 2.49. The van der Waals surface area contributed by atoms with Crippen LogP contribution in [-0.4, -0.2) is 37.0 Å². The van der Waals surface area contributed by atoms with Crippen LogP contribution in [0.25, 0.3) is 0 Å². The van der Waals surface area contributed by atoms with Gasteiger partial charge in [-0.3, -0.25) is 9.59 Å². The summed E-state index contributed by atoms with van der Waals surface area (Å²) in [5.74, 6) is -2.88. The Morgan fingerprint density at radius 1 is 1.32 bits per heavy atom. The number of hydrogen-bond acceptors (Lipinski definition) is 3. The van der Waals surface area contributed by atoms with Crippen LogP contribution in [0.3, 0.4) is 0 Å². The van der Waals surface area contributed by atoms with Crippen molar-refractivity contribution in [2.75, 3.05) is 20.2 Å². The van der Waals surface area contributed by atoms with E-state index in [0.29, 0.717) is 6.42 Å². The average molecular weight is 271 g/mol. The molecule has 0 N–H and O–H groups in total. The second-order valence-electron chi connectivity index (χ2n) is 3.93. The summed E-state index contributed by atoms with van der Waals surface area (Å²) in [5, 5.41) is 0. The van der Waals surface area contributed by atoms with E-state index < -0.39 is 29.1 Å². The van der Waals surface area contributed by atoms with Gasteiger partial charge in [0.05, 0.1) is 12.7 Å². The highest BCUT2D eigenvalue weighted by molar-refractivity contribution is 5.96. The van der Waals surface area contributed by atoms with Gasteiger partial charge >= 0.3 is 5.97 Å². The van der Waals surface area contributed by atoms with Crippen molar-refractivity contribution in [1.29, 1.82) is 0 Å². The standard InChI is InChI=1S/C13H15F2NO3/c1-3-6-16(8-12(17)19-2)13(18)10-7-9(14)4-5-11(10)15/h4-5,7H,3,6,8H2,1-2H3. The van der Waals surface area contributed by atoms with Gasteiger partial charge in [-0.2, -0.15) is 0 Å². The fourth-order valence-corrected chi connectivity index (χ4v) is 1.57. The molecule has 0 spiro atoms. The zero-order valence-electron chi connectivity index (χ0n) is 10.8. The lowest BCUT2D eigenvalue weighted by Gasteiger charge is -2.21. The van der Waals surface area contributed by atoms with Gasteiger partial charge in [-0.15, -0.1) is 0 Å². The molecule has 6 heteroatoms. The summed E-state index contributed by atoms with van der Waals surface area (Å²) in [5.41, 5.74) is -0.391. The molecule has 1 amide bonds. The number of carbonyl (C=O) groups excluding carboxylic acids is 2. The number of methoxy groups -OCH3 is 1. The predicted octanol–water partition coefficient (Wildman–Crippen LogP) is 1.99. The van der Waals surface area contributed by atoms with Gasteiger partial charge in [-0.05, 0) is 24.6 Å². The van der Waals surface area contributed by atoms with Gasteiger partial charge in [0.25, 0.3) is 5.91 Å². The molecule has 104 valence electrons. The normalized spacial score (nSPS) is 10.1. The van der Waals surface area contributed by atoms with E-state index in [9.17, 15) is 18.4 Å². The molecule has 4 nitrogen and oxygen atoms in total. The fraction of sp³-hybridized carbons (Fsp3) is 0.385. The largest absolute Gasteiger partial charge is 0.468 e. The van der Waals surface area contributed by atoms with Crippen LogP contribution in [0, 0.1) is 11.6 Å². The average Bonchev–Trinajstić information content (AvgIpc) is 2.40. The minimum Gasteiger partial charge on any atom is -0.468 e. The monoisotopic (exact) mass is 271 g/mol. The van der Waals surface area contributed by atoms with Crippen molar-refractivity contribution < 1.29 is 23.1 Å². The lowest BCUT2D eigenvalue weighted by molar-refractivity contribution is -0.141. The van der Waals surface area contributed by atoms with Crippen LogP contribution < -0.4 is 0 Å². The van der Waals surface area contributed by atoms with Crippen LogP contribution >= 0.6 is 0 Å². The van der Waals surface area contributed by atoms with Crippen LogP contribution in [0.5, 0.6) is 0 Å². The van der Waals surface area contributed by atoms with Crippen molar-refractivity contribution >= 4 is 11.9 Å². The van der Waals surface area contributed by atoms with Gasteiger partial charge in [0, 0.05) is 6.54 Å².